The zero-order valence-corrected chi connectivity index (χ0v) is 9.06. The highest BCUT2D eigenvalue weighted by Gasteiger charge is 2.10. The number of nitrogen functional groups attached to an aromatic ring is 1. The maximum absolute atomic E-state index is 6.09. The highest BCUT2D eigenvalue weighted by molar-refractivity contribution is 5.96. The fraction of sp³-hybridized carbons (Fsp3) is 0.0769. The third kappa shape index (κ3) is 1.51. The molecule has 1 aromatic heterocycles. The lowest BCUT2D eigenvalue weighted by Crippen LogP contribution is -2.08. The summed E-state index contributed by atoms with van der Waals surface area (Å²) in [5, 5.41) is 1.04. The molecule has 0 unspecified atom stereocenters. The number of benzene rings is 1. The zero-order valence-electron chi connectivity index (χ0n) is 9.06. The Labute approximate surface area is 94.7 Å². The summed E-state index contributed by atoms with van der Waals surface area (Å²) >= 11 is 0. The van der Waals surface area contributed by atoms with Gasteiger partial charge in [0.25, 0.3) is 0 Å². The van der Waals surface area contributed by atoms with E-state index in [1.165, 1.54) is 0 Å². The van der Waals surface area contributed by atoms with Gasteiger partial charge in [-0.05, 0) is 12.1 Å². The van der Waals surface area contributed by atoms with Gasteiger partial charge in [0.15, 0.2) is 0 Å². The molecule has 2 aromatic rings. The van der Waals surface area contributed by atoms with Crippen molar-refractivity contribution in [2.75, 3.05) is 5.73 Å². The first-order valence-corrected chi connectivity index (χ1v) is 5.15. The second kappa shape index (κ2) is 4.24. The molecule has 3 nitrogen and oxygen atoms in total. The third-order valence-corrected chi connectivity index (χ3v) is 2.62. The van der Waals surface area contributed by atoms with Gasteiger partial charge in [0.2, 0.25) is 0 Å². The van der Waals surface area contributed by atoms with Gasteiger partial charge in [-0.15, -0.1) is 0 Å². The molecule has 0 saturated carbocycles. The zero-order chi connectivity index (χ0) is 11.5. The van der Waals surface area contributed by atoms with Gasteiger partial charge in [-0.2, -0.15) is 0 Å². The van der Waals surface area contributed by atoms with Crippen LogP contribution in [0.5, 0.6) is 0 Å². The van der Waals surface area contributed by atoms with E-state index in [9.17, 15) is 0 Å². The first-order valence-electron chi connectivity index (χ1n) is 5.15. The summed E-state index contributed by atoms with van der Waals surface area (Å²) in [6.45, 7) is 4.06. The summed E-state index contributed by atoms with van der Waals surface area (Å²) in [5.74, 6) is 0. The molecule has 1 heterocycles. The molecule has 0 bridgehead atoms. The van der Waals surface area contributed by atoms with E-state index in [0.717, 1.165) is 22.3 Å². The van der Waals surface area contributed by atoms with E-state index in [4.69, 9.17) is 11.5 Å². The lowest BCUT2D eigenvalue weighted by molar-refractivity contribution is 0.758. The number of fused-ring (bicyclic) bond motifs is 1. The van der Waals surface area contributed by atoms with Crippen LogP contribution in [0.25, 0.3) is 17.0 Å². The second-order valence-electron chi connectivity index (χ2n) is 3.52. The van der Waals surface area contributed by atoms with Crippen molar-refractivity contribution in [3.05, 3.63) is 48.7 Å². The van der Waals surface area contributed by atoms with Crippen LogP contribution in [0.15, 0.2) is 43.0 Å². The minimum Gasteiger partial charge on any atom is -0.396 e. The van der Waals surface area contributed by atoms with Crippen LogP contribution in [-0.4, -0.2) is 4.57 Å². The van der Waals surface area contributed by atoms with Gasteiger partial charge in [0.1, 0.15) is 0 Å². The predicted octanol–water partition coefficient (Wildman–Crippen LogP) is 2.34. The Hall–Kier alpha value is -2.00. The Morgan fingerprint density at radius 3 is 2.75 bits per heavy atom. The fourth-order valence-corrected chi connectivity index (χ4v) is 1.89. The molecule has 0 spiro atoms. The average Bonchev–Trinajstić information content (AvgIpc) is 2.60. The molecule has 0 saturated heterocycles. The lowest BCUT2D eigenvalue weighted by atomic mass is 10.2. The van der Waals surface area contributed by atoms with Crippen LogP contribution in [0.4, 0.5) is 5.69 Å². The molecule has 0 aliphatic rings. The van der Waals surface area contributed by atoms with Crippen molar-refractivity contribution in [3.8, 4) is 0 Å². The number of nitrogens with two attached hydrogens (primary N) is 2. The first-order chi connectivity index (χ1) is 7.79. The standard InChI is InChI=1S/C13H15N3/c1-2-3-7-12-13(15)10-6-4-5-8-11(10)16(12)9-14/h2-8H,1,9,14-15H2/b7-3-. The van der Waals surface area contributed by atoms with E-state index >= 15 is 0 Å². The predicted molar refractivity (Wildman–Crippen MR) is 69.8 cm³/mol. The number of para-hydroxylation sites is 1. The Balaban J connectivity index is 2.76. The molecule has 0 atom stereocenters. The van der Waals surface area contributed by atoms with Gasteiger partial charge in [-0.3, -0.25) is 0 Å². The number of nitrogens with zero attached hydrogens (tertiary/aromatic N) is 1. The molecule has 0 aliphatic carbocycles. The Kier molecular flexibility index (Phi) is 2.79. The van der Waals surface area contributed by atoms with E-state index in [2.05, 4.69) is 6.58 Å². The largest absolute Gasteiger partial charge is 0.396 e. The van der Waals surface area contributed by atoms with E-state index in [1.807, 2.05) is 41.0 Å². The first kappa shape index (κ1) is 10.5. The van der Waals surface area contributed by atoms with Crippen LogP contribution in [0, 0.1) is 0 Å². The fourth-order valence-electron chi connectivity index (χ4n) is 1.89. The van der Waals surface area contributed by atoms with Crippen LogP contribution < -0.4 is 11.5 Å². The Bertz CT molecular complexity index is 550. The number of hydrogen-bond acceptors (Lipinski definition) is 2. The minimum atomic E-state index is 0.411. The van der Waals surface area contributed by atoms with Crippen molar-refractivity contribution >= 4 is 22.7 Å². The van der Waals surface area contributed by atoms with E-state index in [-0.39, 0.29) is 0 Å². The number of aromatic nitrogens is 1. The van der Waals surface area contributed by atoms with Crippen LogP contribution in [0.3, 0.4) is 0 Å². The molecule has 0 radical (unpaired) electrons. The number of allylic oxidation sites excluding steroid dienone is 2. The summed E-state index contributed by atoms with van der Waals surface area (Å²) in [6.07, 6.45) is 5.50. The summed E-state index contributed by atoms with van der Waals surface area (Å²) in [5.41, 5.74) is 14.6. The quantitative estimate of drug-likeness (QED) is 0.769. The molecule has 1 aromatic carbocycles. The molecule has 0 fully saturated rings. The molecular weight excluding hydrogens is 198 g/mol. The SMILES string of the molecule is C=C/C=C\c1c(N)c2ccccc2n1CN. The number of hydrogen-bond donors (Lipinski definition) is 2. The molecule has 82 valence electrons. The van der Waals surface area contributed by atoms with Gasteiger partial charge in [-0.1, -0.05) is 36.9 Å². The third-order valence-electron chi connectivity index (χ3n) is 2.62. The lowest BCUT2D eigenvalue weighted by Gasteiger charge is -2.03. The smallest absolute Gasteiger partial charge is 0.0707 e. The summed E-state index contributed by atoms with van der Waals surface area (Å²) in [7, 11) is 0. The normalized spacial score (nSPS) is 11.3. The molecule has 2 rings (SSSR count). The minimum absolute atomic E-state index is 0.411. The molecule has 0 amide bonds. The highest BCUT2D eigenvalue weighted by Crippen LogP contribution is 2.28. The maximum Gasteiger partial charge on any atom is 0.0707 e. The maximum atomic E-state index is 6.09. The van der Waals surface area contributed by atoms with Gasteiger partial charge < -0.3 is 16.0 Å². The van der Waals surface area contributed by atoms with Gasteiger partial charge in [0.05, 0.1) is 23.6 Å². The summed E-state index contributed by atoms with van der Waals surface area (Å²) in [6, 6.07) is 7.97. The average molecular weight is 213 g/mol. The molecule has 16 heavy (non-hydrogen) atoms. The van der Waals surface area contributed by atoms with Crippen molar-refractivity contribution in [1.29, 1.82) is 0 Å². The molecule has 4 N–H and O–H groups in total. The van der Waals surface area contributed by atoms with Gasteiger partial charge in [0, 0.05) is 5.39 Å². The van der Waals surface area contributed by atoms with Gasteiger partial charge >= 0.3 is 0 Å². The van der Waals surface area contributed by atoms with Crippen molar-refractivity contribution in [3.63, 3.8) is 0 Å². The van der Waals surface area contributed by atoms with Crippen molar-refractivity contribution in [2.45, 2.75) is 6.67 Å². The van der Waals surface area contributed by atoms with Crippen LogP contribution in [0.1, 0.15) is 5.69 Å². The monoisotopic (exact) mass is 213 g/mol. The number of anilines is 1. The van der Waals surface area contributed by atoms with E-state index in [0.29, 0.717) is 6.67 Å². The highest BCUT2D eigenvalue weighted by atomic mass is 15.1. The van der Waals surface area contributed by atoms with Crippen LogP contribution in [-0.2, 0) is 6.67 Å². The van der Waals surface area contributed by atoms with Gasteiger partial charge in [-0.25, -0.2) is 0 Å². The molecule has 0 aliphatic heterocycles. The van der Waals surface area contributed by atoms with Crippen molar-refractivity contribution < 1.29 is 0 Å². The summed E-state index contributed by atoms with van der Waals surface area (Å²) in [4.78, 5) is 0. The Morgan fingerprint density at radius 2 is 2.06 bits per heavy atom. The Morgan fingerprint density at radius 1 is 1.31 bits per heavy atom. The number of rotatable bonds is 3. The van der Waals surface area contributed by atoms with Crippen LogP contribution in [0.2, 0.25) is 0 Å². The van der Waals surface area contributed by atoms with E-state index in [1.54, 1.807) is 6.08 Å². The molecular formula is C13H15N3. The van der Waals surface area contributed by atoms with Crippen molar-refractivity contribution in [2.24, 2.45) is 5.73 Å². The van der Waals surface area contributed by atoms with Crippen molar-refractivity contribution in [1.82, 2.24) is 4.57 Å². The van der Waals surface area contributed by atoms with E-state index < -0.39 is 0 Å². The van der Waals surface area contributed by atoms with Crippen LogP contribution >= 0.6 is 0 Å². The second-order valence-corrected chi connectivity index (χ2v) is 3.52. The molecule has 3 heteroatoms. The topological polar surface area (TPSA) is 57.0 Å². The summed E-state index contributed by atoms with van der Waals surface area (Å²) < 4.78 is 1.99.